The number of aliphatic carboxylic acids is 1. The van der Waals surface area contributed by atoms with Gasteiger partial charge in [0.25, 0.3) is 0 Å². The Kier molecular flexibility index (Phi) is 6.86. The SMILES string of the molecule is Cc1ccc(-c2snc(Cl)c2COc2ccc(CCC(=O)O)c(C(F)(F)F)c2)c(F)c1. The maximum atomic E-state index is 14.4. The first-order valence-corrected chi connectivity index (χ1v) is 10.2. The molecule has 0 aliphatic carbocycles. The van der Waals surface area contributed by atoms with Gasteiger partial charge in [0.1, 0.15) is 23.3 Å². The molecule has 164 valence electrons. The van der Waals surface area contributed by atoms with Crippen molar-refractivity contribution in [2.75, 3.05) is 0 Å². The molecule has 3 aromatic rings. The first-order chi connectivity index (χ1) is 14.6. The van der Waals surface area contributed by atoms with Crippen LogP contribution >= 0.6 is 23.1 Å². The second kappa shape index (κ2) is 9.23. The highest BCUT2D eigenvalue weighted by molar-refractivity contribution is 7.10. The highest BCUT2D eigenvalue weighted by atomic mass is 35.5. The van der Waals surface area contributed by atoms with Crippen LogP contribution in [-0.2, 0) is 24.0 Å². The summed E-state index contributed by atoms with van der Waals surface area (Å²) in [4.78, 5) is 11.1. The van der Waals surface area contributed by atoms with Crippen LogP contribution in [0.1, 0.15) is 28.7 Å². The molecule has 0 spiro atoms. The third kappa shape index (κ3) is 5.54. The zero-order chi connectivity index (χ0) is 22.8. The van der Waals surface area contributed by atoms with Crippen LogP contribution in [0.15, 0.2) is 36.4 Å². The summed E-state index contributed by atoms with van der Waals surface area (Å²) in [6.07, 6.45) is -5.36. The predicted octanol–water partition coefficient (Wildman–Crippen LogP) is 6.53. The predicted molar refractivity (Wildman–Crippen MR) is 109 cm³/mol. The van der Waals surface area contributed by atoms with Crippen LogP contribution in [0.4, 0.5) is 17.6 Å². The average Bonchev–Trinajstić information content (AvgIpc) is 3.04. The summed E-state index contributed by atoms with van der Waals surface area (Å²) < 4.78 is 64.2. The van der Waals surface area contributed by atoms with Crippen LogP contribution in [0.5, 0.6) is 5.75 Å². The van der Waals surface area contributed by atoms with Gasteiger partial charge in [-0.15, -0.1) is 0 Å². The molecule has 0 amide bonds. The molecule has 0 aliphatic heterocycles. The zero-order valence-electron chi connectivity index (χ0n) is 16.1. The van der Waals surface area contributed by atoms with Crippen LogP contribution in [0, 0.1) is 12.7 Å². The molecule has 0 fully saturated rings. The van der Waals surface area contributed by atoms with Gasteiger partial charge in [0, 0.05) is 17.5 Å². The van der Waals surface area contributed by atoms with E-state index in [1.54, 1.807) is 19.1 Å². The van der Waals surface area contributed by atoms with Crippen molar-refractivity contribution >= 4 is 29.1 Å². The van der Waals surface area contributed by atoms with Crippen molar-refractivity contribution in [3.05, 3.63) is 69.6 Å². The molecule has 0 atom stereocenters. The summed E-state index contributed by atoms with van der Waals surface area (Å²) in [6.45, 7) is 1.53. The monoisotopic (exact) mass is 473 g/mol. The molecule has 10 heteroatoms. The largest absolute Gasteiger partial charge is 0.489 e. The van der Waals surface area contributed by atoms with Gasteiger partial charge >= 0.3 is 12.1 Å². The maximum absolute atomic E-state index is 14.4. The third-order valence-electron chi connectivity index (χ3n) is 4.49. The molecular weight excluding hydrogens is 458 g/mol. The number of aromatic nitrogens is 1. The van der Waals surface area contributed by atoms with Crippen LogP contribution in [0.3, 0.4) is 0 Å². The fraction of sp³-hybridized carbons (Fsp3) is 0.238. The molecule has 0 radical (unpaired) electrons. The fourth-order valence-corrected chi connectivity index (χ4v) is 4.07. The minimum absolute atomic E-state index is 0.0779. The summed E-state index contributed by atoms with van der Waals surface area (Å²) >= 11 is 7.07. The Labute approximate surface area is 184 Å². The van der Waals surface area contributed by atoms with Gasteiger partial charge in [-0.25, -0.2) is 4.39 Å². The molecule has 31 heavy (non-hydrogen) atoms. The van der Waals surface area contributed by atoms with Crippen molar-refractivity contribution < 1.29 is 32.2 Å². The summed E-state index contributed by atoms with van der Waals surface area (Å²) in [5.41, 5.74) is 0.259. The summed E-state index contributed by atoms with van der Waals surface area (Å²) in [5, 5.41) is 8.82. The number of hydrogen-bond acceptors (Lipinski definition) is 4. The van der Waals surface area contributed by atoms with E-state index in [2.05, 4.69) is 4.37 Å². The summed E-state index contributed by atoms with van der Waals surface area (Å²) in [6, 6.07) is 8.00. The number of halogens is 5. The third-order valence-corrected chi connectivity index (χ3v) is 5.82. The van der Waals surface area contributed by atoms with E-state index in [0.717, 1.165) is 23.2 Å². The van der Waals surface area contributed by atoms with Gasteiger partial charge in [-0.1, -0.05) is 29.8 Å². The molecule has 0 bridgehead atoms. The van der Waals surface area contributed by atoms with E-state index in [-0.39, 0.29) is 35.1 Å². The van der Waals surface area contributed by atoms with E-state index in [0.29, 0.717) is 10.4 Å². The highest BCUT2D eigenvalue weighted by Crippen LogP contribution is 2.37. The zero-order valence-corrected chi connectivity index (χ0v) is 17.7. The molecule has 0 aliphatic rings. The second-order valence-electron chi connectivity index (χ2n) is 6.76. The van der Waals surface area contributed by atoms with Gasteiger partial charge in [-0.3, -0.25) is 4.79 Å². The number of nitrogens with zero attached hydrogens (tertiary/aromatic N) is 1. The normalized spacial score (nSPS) is 11.5. The van der Waals surface area contributed by atoms with Gasteiger partial charge < -0.3 is 9.84 Å². The molecule has 1 N–H and O–H groups in total. The molecule has 3 rings (SSSR count). The molecule has 0 unspecified atom stereocenters. The Morgan fingerprint density at radius 1 is 1.23 bits per heavy atom. The first kappa shape index (κ1) is 23.0. The van der Waals surface area contributed by atoms with E-state index in [9.17, 15) is 22.4 Å². The number of carbonyl (C=O) groups is 1. The van der Waals surface area contributed by atoms with Gasteiger partial charge in [0.05, 0.1) is 10.4 Å². The Bertz CT molecular complexity index is 1110. The number of carboxylic acid groups (broad SMARTS) is 1. The van der Waals surface area contributed by atoms with Gasteiger partial charge in [-0.2, -0.15) is 17.5 Å². The van der Waals surface area contributed by atoms with E-state index in [1.807, 2.05) is 0 Å². The minimum Gasteiger partial charge on any atom is -0.489 e. The standard InChI is InChI=1S/C21H16ClF4NO3S/c1-11-2-6-14(17(23)8-11)19-15(20(22)27-31-19)10-30-13-5-3-12(4-7-18(28)29)16(9-13)21(24,25)26/h2-3,5-6,8-9H,4,7,10H2,1H3,(H,28,29). The van der Waals surface area contributed by atoms with E-state index < -0.39 is 29.9 Å². The van der Waals surface area contributed by atoms with Gasteiger partial charge in [0.15, 0.2) is 0 Å². The lowest BCUT2D eigenvalue weighted by atomic mass is 10.0. The van der Waals surface area contributed by atoms with Gasteiger partial charge in [-0.05, 0) is 54.2 Å². The van der Waals surface area contributed by atoms with Crippen molar-refractivity contribution in [3.8, 4) is 16.2 Å². The van der Waals surface area contributed by atoms with Crippen molar-refractivity contribution in [1.29, 1.82) is 0 Å². The van der Waals surface area contributed by atoms with Crippen LogP contribution in [0.25, 0.3) is 10.4 Å². The Balaban J connectivity index is 1.86. The van der Waals surface area contributed by atoms with Crippen LogP contribution in [0.2, 0.25) is 5.15 Å². The number of hydrogen-bond donors (Lipinski definition) is 1. The highest BCUT2D eigenvalue weighted by Gasteiger charge is 2.34. The molecule has 1 aromatic heterocycles. The quantitative estimate of drug-likeness (QED) is 0.396. The van der Waals surface area contributed by atoms with Crippen molar-refractivity contribution in [2.45, 2.75) is 32.5 Å². The maximum Gasteiger partial charge on any atom is 0.416 e. The number of rotatable bonds is 7. The van der Waals surface area contributed by atoms with Crippen molar-refractivity contribution in [3.63, 3.8) is 0 Å². The van der Waals surface area contributed by atoms with Crippen molar-refractivity contribution in [1.82, 2.24) is 4.37 Å². The Morgan fingerprint density at radius 2 is 1.97 bits per heavy atom. The average molecular weight is 474 g/mol. The van der Waals surface area contributed by atoms with E-state index in [1.165, 1.54) is 18.2 Å². The van der Waals surface area contributed by atoms with E-state index >= 15 is 0 Å². The molecule has 2 aromatic carbocycles. The number of benzene rings is 2. The molecule has 0 saturated carbocycles. The summed E-state index contributed by atoms with van der Waals surface area (Å²) in [7, 11) is 0. The topological polar surface area (TPSA) is 59.4 Å². The number of aryl methyl sites for hydroxylation is 2. The molecule has 4 nitrogen and oxygen atoms in total. The fourth-order valence-electron chi connectivity index (χ4n) is 2.96. The number of alkyl halides is 3. The lowest BCUT2D eigenvalue weighted by Gasteiger charge is -2.15. The second-order valence-corrected chi connectivity index (χ2v) is 7.89. The minimum atomic E-state index is -4.68. The van der Waals surface area contributed by atoms with E-state index in [4.69, 9.17) is 21.4 Å². The lowest BCUT2D eigenvalue weighted by Crippen LogP contribution is -2.11. The van der Waals surface area contributed by atoms with Gasteiger partial charge in [0.2, 0.25) is 0 Å². The Morgan fingerprint density at radius 3 is 2.61 bits per heavy atom. The Hall–Kier alpha value is -2.65. The molecular formula is C21H16ClF4NO3S. The number of carboxylic acids is 1. The van der Waals surface area contributed by atoms with Crippen LogP contribution in [-0.4, -0.2) is 15.4 Å². The lowest BCUT2D eigenvalue weighted by molar-refractivity contribution is -0.140. The van der Waals surface area contributed by atoms with Crippen LogP contribution < -0.4 is 4.74 Å². The molecule has 1 heterocycles. The first-order valence-electron chi connectivity index (χ1n) is 9.01. The smallest absolute Gasteiger partial charge is 0.416 e. The summed E-state index contributed by atoms with van der Waals surface area (Å²) in [5.74, 6) is -1.74. The molecule has 0 saturated heterocycles. The number of ether oxygens (including phenoxy) is 1. The van der Waals surface area contributed by atoms with Crippen molar-refractivity contribution in [2.24, 2.45) is 0 Å².